The van der Waals surface area contributed by atoms with Gasteiger partial charge in [0.1, 0.15) is 53.1 Å². The number of rotatable bonds is 15. The van der Waals surface area contributed by atoms with E-state index in [4.69, 9.17) is 0 Å². The van der Waals surface area contributed by atoms with Crippen molar-refractivity contribution in [2.75, 3.05) is 0 Å². The average Bonchev–Trinajstić information content (AvgIpc) is 3.56. The second-order valence-electron chi connectivity index (χ2n) is 12.0. The van der Waals surface area contributed by atoms with Crippen LogP contribution in [0.2, 0.25) is 0 Å². The second kappa shape index (κ2) is 26.8. The quantitative estimate of drug-likeness (QED) is 0.0126. The Bertz CT molecular complexity index is 3360. The first-order valence-corrected chi connectivity index (χ1v) is 21.2. The summed E-state index contributed by atoms with van der Waals surface area (Å²) in [6.07, 6.45) is 0. The van der Waals surface area contributed by atoms with Crippen molar-refractivity contribution in [1.82, 2.24) is 9.78 Å². The first-order chi connectivity index (χ1) is 30.0. The van der Waals surface area contributed by atoms with E-state index < -0.39 is 123 Å². The number of carboxylic acids is 1. The summed E-state index contributed by atoms with van der Waals surface area (Å²) >= 11 is 0.00678. The minimum absolute atomic E-state index is 0. The number of benzene rings is 5. The van der Waals surface area contributed by atoms with Crippen LogP contribution in [-0.2, 0) is 39.7 Å². The maximum absolute atomic E-state index is 12.4. The van der Waals surface area contributed by atoms with E-state index in [1.165, 1.54) is 0 Å². The third kappa shape index (κ3) is 15.1. The number of nitrogens with zero attached hydrogens (tertiary/aromatic N) is 9. The van der Waals surface area contributed by atoms with E-state index in [9.17, 15) is 79.5 Å². The topological polar surface area (TPSA) is 449 Å². The molecule has 0 aliphatic rings. The maximum Gasteiger partial charge on any atom is 1.00 e. The minimum Gasteiger partial charge on any atom is -0.744 e. The Labute approximate surface area is 469 Å². The van der Waals surface area contributed by atoms with Crippen molar-refractivity contribution in [3.05, 3.63) is 94.7 Å². The van der Waals surface area contributed by atoms with Crippen LogP contribution in [0.25, 0.3) is 16.5 Å². The summed E-state index contributed by atoms with van der Waals surface area (Å²) in [4.78, 5) is 18.4. The fourth-order valence-corrected chi connectivity index (χ4v) is 7.51. The normalized spacial score (nSPS) is 11.5. The molecule has 5 aromatic carbocycles. The van der Waals surface area contributed by atoms with Crippen molar-refractivity contribution < 1.29 is 197 Å². The number of phenolic OH excluding ortho intramolecular Hbond substituents is 2. The number of fused-ring (bicyclic) bond motifs is 1. The molecule has 0 unspecified atom stereocenters. The number of nitro groups is 1. The molecule has 0 saturated heterocycles. The fraction of sp³-hybridized carbons (Fsp3) is 0. The van der Waals surface area contributed by atoms with Gasteiger partial charge in [-0.3, -0.25) is 15.2 Å². The number of hydrogen-bond donors (Lipinski definition) is 3. The van der Waals surface area contributed by atoms with E-state index in [0.717, 1.165) is 60.7 Å². The average molecular weight is 999 g/mol. The van der Waals surface area contributed by atoms with Crippen LogP contribution in [0.3, 0.4) is 0 Å². The monoisotopic (exact) mass is 999 g/mol. The number of aromatic nitrogens is 2. The molecule has 70 heavy (non-hydrogen) atoms. The van der Waals surface area contributed by atoms with Crippen LogP contribution in [-0.4, -0.2) is 74.9 Å². The molecular weight excluding hydrogens is 984 g/mol. The Morgan fingerprint density at radius 2 is 1.30 bits per heavy atom. The molecule has 6 rings (SSSR count). The molecule has 0 radical (unpaired) electrons. The zero-order valence-electron chi connectivity index (χ0n) is 36.5. The summed E-state index contributed by atoms with van der Waals surface area (Å²) < 4.78 is 111. The van der Waals surface area contributed by atoms with E-state index >= 15 is 0 Å². The van der Waals surface area contributed by atoms with Crippen LogP contribution < -0.4 is 124 Å². The fourth-order valence-electron chi connectivity index (χ4n) is 5.27. The molecule has 0 fully saturated rings. The van der Waals surface area contributed by atoms with Crippen LogP contribution in [0.4, 0.5) is 39.8 Å². The number of carbonyl (C=O) groups is 1. The Morgan fingerprint density at radius 1 is 0.714 bits per heavy atom. The molecule has 6 aromatic rings. The van der Waals surface area contributed by atoms with Gasteiger partial charge in [-0.15, -0.1) is 33.5 Å². The molecule has 0 aliphatic heterocycles. The number of carboxylic acid groups (broad SMARTS) is 1. The second-order valence-corrected chi connectivity index (χ2v) is 16.8. The number of carbonyl (C=O) groups excluding carboxylic acids is 1. The number of hydrogen-bond acceptors (Lipinski definition) is 27. The zero-order chi connectivity index (χ0) is 46.9. The molecule has 0 atom stereocenters. The van der Waals surface area contributed by atoms with Crippen molar-refractivity contribution in [1.29, 1.82) is 0 Å². The summed E-state index contributed by atoms with van der Waals surface area (Å²) in [6, 6.07) is 13.0. The van der Waals surface area contributed by atoms with Gasteiger partial charge in [0.05, 0.1) is 53.6 Å². The first-order valence-electron chi connectivity index (χ1n) is 16.2. The Hall–Kier alpha value is -3.82. The third-order valence-electron chi connectivity index (χ3n) is 8.06. The standard InChI is InChI=1S/C32H20N9O19S4.6Li/c42-29-24-14(11-21(61-60-59-49)25(29)36-35-20-10-7-18(41(47)48)13-22(20)63(53,54)55)12-23(64(56,57)58)26(30(24)43)37-33-15-1-3-16(4-2-15)34-38-27-28(32(45)46)39-40(31(27)44)17-5-8-19(9-6-17)62(50,51)52;;;;;;/h1,3-13,42-44,49H,(H,45,46)(H,50,51,52)(H,53,54,55)(H,56,57,58);;;;;;/q-1;6*+1/p-5. The van der Waals surface area contributed by atoms with Crippen molar-refractivity contribution in [2.24, 2.45) is 30.7 Å². The summed E-state index contributed by atoms with van der Waals surface area (Å²) in [7, 11) is -15.8. The molecule has 3 N–H and O–H groups in total. The molecule has 1 aromatic heterocycles. The SMILES string of the molecule is O=C([O-])c1nn(-c2ccc(S(=O)(=O)[O-])cc2)c(O)c1N=Nc1c[c-]c(N=Nc2c(S(=O)(=O)[O-])cc3cc(SOO[O-])c(N=Nc4ccc([N+](=O)[O-])cc4S(=O)(=O)[O-])c(O)c3c2O)cc1.[Li+].[Li+].[Li+].[Li+].[Li+].[Li+]. The Morgan fingerprint density at radius 3 is 1.83 bits per heavy atom. The molecule has 0 spiro atoms. The molecule has 0 bridgehead atoms. The summed E-state index contributed by atoms with van der Waals surface area (Å²) in [5, 5.41) is 94.6. The van der Waals surface area contributed by atoms with Gasteiger partial charge in [-0.2, -0.15) is 30.4 Å². The number of aromatic carboxylic acids is 1. The van der Waals surface area contributed by atoms with Crippen LogP contribution in [0.15, 0.2) is 123 Å². The van der Waals surface area contributed by atoms with Gasteiger partial charge in [-0.05, 0) is 59.2 Å². The largest absolute Gasteiger partial charge is 1.00 e. The van der Waals surface area contributed by atoms with E-state index in [-0.39, 0.29) is 142 Å². The van der Waals surface area contributed by atoms with Gasteiger partial charge in [0, 0.05) is 12.1 Å². The van der Waals surface area contributed by atoms with Crippen LogP contribution in [0, 0.1) is 16.2 Å². The van der Waals surface area contributed by atoms with E-state index in [1.54, 1.807) is 0 Å². The van der Waals surface area contributed by atoms with Gasteiger partial charge in [0.15, 0.2) is 17.2 Å². The molecule has 1 heterocycles. The van der Waals surface area contributed by atoms with Crippen molar-refractivity contribution >= 4 is 99.0 Å². The smallest absolute Gasteiger partial charge is 0.744 e. The third-order valence-corrected chi connectivity index (χ3v) is 11.2. The molecular formula is C32H15Li6N9O19S4. The predicted octanol–water partition coefficient (Wildman–Crippen LogP) is -14.6. The molecule has 28 nitrogen and oxygen atoms in total. The van der Waals surface area contributed by atoms with Gasteiger partial charge in [-0.1, -0.05) is 0 Å². The van der Waals surface area contributed by atoms with Gasteiger partial charge in [0.2, 0.25) is 5.88 Å². The van der Waals surface area contributed by atoms with E-state index in [1.807, 2.05) is 0 Å². The van der Waals surface area contributed by atoms with Gasteiger partial charge < -0.3 is 44.1 Å². The summed E-state index contributed by atoms with van der Waals surface area (Å²) in [5.41, 5.74) is -5.55. The van der Waals surface area contributed by atoms with Crippen LogP contribution >= 0.6 is 12.0 Å². The van der Waals surface area contributed by atoms with Crippen LogP contribution in [0.1, 0.15) is 10.5 Å². The summed E-state index contributed by atoms with van der Waals surface area (Å²) in [6.45, 7) is 0. The Kier molecular flexibility index (Phi) is 25.3. The van der Waals surface area contributed by atoms with Gasteiger partial charge in [-0.25, -0.2) is 30.4 Å². The van der Waals surface area contributed by atoms with Crippen molar-refractivity contribution in [3.63, 3.8) is 0 Å². The molecule has 0 amide bonds. The van der Waals surface area contributed by atoms with E-state index in [0.29, 0.717) is 16.8 Å². The van der Waals surface area contributed by atoms with Crippen LogP contribution in [0.5, 0.6) is 17.4 Å². The Balaban J connectivity index is 0.00000793. The van der Waals surface area contributed by atoms with E-state index in [2.05, 4.69) is 51.2 Å². The predicted molar refractivity (Wildman–Crippen MR) is 200 cm³/mol. The number of phenols is 2. The maximum atomic E-state index is 12.4. The number of aromatic hydroxyl groups is 3. The zero-order valence-corrected chi connectivity index (χ0v) is 39.7. The van der Waals surface area contributed by atoms with Crippen molar-refractivity contribution in [3.8, 4) is 23.1 Å². The van der Waals surface area contributed by atoms with Gasteiger partial charge in [0.25, 0.3) is 5.69 Å². The van der Waals surface area contributed by atoms with Crippen molar-refractivity contribution in [2.45, 2.75) is 19.6 Å². The minimum atomic E-state index is -5.54. The molecule has 0 aliphatic carbocycles. The number of nitro benzene ring substituents is 1. The first kappa shape index (κ1) is 66.2. The van der Waals surface area contributed by atoms with Gasteiger partial charge >= 0.3 is 113 Å². The number of non-ortho nitro benzene ring substituents is 1. The molecule has 332 valence electrons. The molecule has 0 saturated carbocycles. The summed E-state index contributed by atoms with van der Waals surface area (Å²) in [5.74, 6) is -5.17. The molecule has 38 heteroatoms. The number of azo groups is 3.